The van der Waals surface area contributed by atoms with E-state index in [-0.39, 0.29) is 37.8 Å². The summed E-state index contributed by atoms with van der Waals surface area (Å²) in [4.78, 5) is 68.1. The minimum absolute atomic E-state index is 0.0766. The smallest absolute Gasteiger partial charge is 0.408 e. The molecule has 1 saturated heterocycles. The number of ether oxygens (including phenoxy) is 5. The summed E-state index contributed by atoms with van der Waals surface area (Å²) in [5.74, 6) is -1.84. The van der Waals surface area contributed by atoms with Crippen LogP contribution < -0.4 is 29.6 Å². The van der Waals surface area contributed by atoms with Crippen molar-refractivity contribution in [3.05, 3.63) is 54.7 Å². The van der Waals surface area contributed by atoms with E-state index in [9.17, 15) is 31.6 Å². The molecule has 0 radical (unpaired) electrons. The fourth-order valence-corrected chi connectivity index (χ4v) is 9.64. The van der Waals surface area contributed by atoms with Crippen molar-refractivity contribution in [2.24, 2.45) is 5.92 Å². The first-order chi connectivity index (χ1) is 31.6. The lowest BCUT2D eigenvalue weighted by Gasteiger charge is -2.34. The number of halogens is 2. The fraction of sp³-hybridized carbons (Fsp3) is 0.574. The number of aromatic nitrogens is 2. The first kappa shape index (κ1) is 49.3. The molecule has 2 aromatic heterocycles. The van der Waals surface area contributed by atoms with Gasteiger partial charge >= 0.3 is 6.09 Å². The van der Waals surface area contributed by atoms with Gasteiger partial charge in [-0.25, -0.2) is 27.0 Å². The van der Waals surface area contributed by atoms with E-state index in [2.05, 4.69) is 20.3 Å². The molecule has 7 atom stereocenters. The number of rotatable bonds is 13. The minimum Gasteiger partial charge on any atom is -0.497 e. The molecule has 3 aromatic rings. The van der Waals surface area contributed by atoms with E-state index >= 15 is 4.79 Å². The first-order valence-corrected chi connectivity index (χ1v) is 24.1. The summed E-state index contributed by atoms with van der Waals surface area (Å²) in [6.07, 6.45) is -0.0168. The number of alkyl carbamates (subject to hydrolysis) is 1. The highest BCUT2D eigenvalue weighted by Gasteiger charge is 2.63. The number of carbonyl (C=O) groups excluding carboxylic acids is 4. The van der Waals surface area contributed by atoms with Crippen molar-refractivity contribution < 1.29 is 60.1 Å². The van der Waals surface area contributed by atoms with Gasteiger partial charge in [-0.15, -0.1) is 0 Å². The molecule has 1 aromatic carbocycles. The largest absolute Gasteiger partial charge is 0.497 e. The Morgan fingerprint density at radius 3 is 2.46 bits per heavy atom. The Balaban J connectivity index is 1.27. The van der Waals surface area contributed by atoms with Gasteiger partial charge in [-0.3, -0.25) is 24.1 Å². The van der Waals surface area contributed by atoms with E-state index in [1.54, 1.807) is 63.4 Å². The Bertz CT molecular complexity index is 2500. The third-order valence-electron chi connectivity index (χ3n) is 12.8. The molecule has 4 heterocycles. The monoisotopic (exact) mass is 954 g/mol. The van der Waals surface area contributed by atoms with Gasteiger partial charge in [0.1, 0.15) is 35.2 Å². The lowest BCUT2D eigenvalue weighted by Crippen LogP contribution is -2.61. The number of allylic oxidation sites excluding steroid dienone is 1. The van der Waals surface area contributed by atoms with Crippen LogP contribution in [-0.2, 0) is 33.9 Å². The number of hydrogen-bond donors (Lipinski definition) is 3. The second-order valence-corrected chi connectivity index (χ2v) is 21.1. The number of carbonyl (C=O) groups is 4. The Hall–Kier alpha value is -5.63. The molecule has 3 N–H and O–H groups in total. The third-order valence-corrected chi connectivity index (χ3v) is 15.0. The maximum Gasteiger partial charge on any atom is 0.408 e. The maximum absolute atomic E-state index is 15.1. The van der Waals surface area contributed by atoms with Gasteiger partial charge in [-0.1, -0.05) is 19.1 Å². The van der Waals surface area contributed by atoms with Crippen molar-refractivity contribution in [2.75, 3.05) is 13.7 Å². The van der Waals surface area contributed by atoms with Crippen LogP contribution in [0.3, 0.4) is 0 Å². The lowest BCUT2D eigenvalue weighted by molar-refractivity contribution is -0.145. The Kier molecular flexibility index (Phi) is 14.1. The van der Waals surface area contributed by atoms with Crippen molar-refractivity contribution in [1.82, 2.24) is 30.2 Å². The topological polar surface area (TPSA) is 214 Å². The average Bonchev–Trinajstić information content (AvgIpc) is 4.15. The van der Waals surface area contributed by atoms with Crippen LogP contribution in [0.4, 0.5) is 13.6 Å². The molecule has 2 saturated carbocycles. The standard InChI is InChI=1S/C47H60F2N6O11S/c1-9-37-38(52-44(59)66-45(5,6)42(48)49)41(57)55-25-32(65-40-33-16-14-30(62-8)20-28(33)21-35(51-40)34-17-15-31(24-50-34)63-26(2)3)22-36(55)39(56)53-47(23-29(47)13-11-10-12-27(4)64-37)43(58)54-67(60,61)46(7)18-19-46/h11,13-17,20-21,24,26-27,29,32,36-38,42H,9-10,12,18-19,22-23,25H2,1-8H3,(H,52,59)(H,53,56)(H,54,58). The van der Waals surface area contributed by atoms with Gasteiger partial charge in [-0.05, 0) is 122 Å². The predicted molar refractivity (Wildman–Crippen MR) is 242 cm³/mol. The second-order valence-electron chi connectivity index (χ2n) is 18.9. The Morgan fingerprint density at radius 2 is 1.82 bits per heavy atom. The van der Waals surface area contributed by atoms with E-state index in [4.69, 9.17) is 28.7 Å². The van der Waals surface area contributed by atoms with Crippen LogP contribution in [0.5, 0.6) is 17.4 Å². The van der Waals surface area contributed by atoms with Gasteiger partial charge in [0.25, 0.3) is 12.3 Å². The number of sulfonamides is 1. The van der Waals surface area contributed by atoms with Gasteiger partial charge in [0, 0.05) is 17.7 Å². The number of amides is 4. The normalized spacial score (nSPS) is 26.4. The average molecular weight is 955 g/mol. The van der Waals surface area contributed by atoms with Crippen LogP contribution >= 0.6 is 0 Å². The van der Waals surface area contributed by atoms with Gasteiger partial charge < -0.3 is 39.2 Å². The predicted octanol–water partition coefficient (Wildman–Crippen LogP) is 5.99. The summed E-state index contributed by atoms with van der Waals surface area (Å²) >= 11 is 0. The van der Waals surface area contributed by atoms with E-state index in [0.717, 1.165) is 13.8 Å². The van der Waals surface area contributed by atoms with Crippen LogP contribution in [-0.4, -0.2) is 120 Å². The highest BCUT2D eigenvalue weighted by atomic mass is 32.2. The van der Waals surface area contributed by atoms with Crippen molar-refractivity contribution in [3.63, 3.8) is 0 Å². The van der Waals surface area contributed by atoms with E-state index in [0.29, 0.717) is 59.3 Å². The molecule has 0 bridgehead atoms. The molecule has 67 heavy (non-hydrogen) atoms. The van der Waals surface area contributed by atoms with Crippen molar-refractivity contribution in [2.45, 2.75) is 152 Å². The van der Waals surface area contributed by atoms with Crippen LogP contribution in [0.1, 0.15) is 93.4 Å². The highest BCUT2D eigenvalue weighted by molar-refractivity contribution is 7.91. The number of benzene rings is 1. The SMILES string of the molecule is CCC1OC(C)CCC=CC2CC2(C(=O)NS(=O)(=O)C2(C)CC2)NC(=O)C2CC(Oc3nc(-c4ccc(OC(C)C)cn4)cc4cc(OC)ccc34)CN2C(=O)C1NC(=O)OC(C)(C)C(F)F. The Labute approximate surface area is 389 Å². The molecular weight excluding hydrogens is 895 g/mol. The molecule has 4 amide bonds. The molecule has 364 valence electrons. The van der Waals surface area contributed by atoms with Crippen LogP contribution in [0, 0.1) is 5.92 Å². The molecule has 0 spiro atoms. The van der Waals surface area contributed by atoms with Crippen molar-refractivity contribution >= 4 is 44.6 Å². The zero-order chi connectivity index (χ0) is 48.6. The molecule has 4 aliphatic rings. The van der Waals surface area contributed by atoms with Crippen LogP contribution in [0.2, 0.25) is 0 Å². The number of hydrogen-bond acceptors (Lipinski definition) is 13. The molecule has 17 nitrogen and oxygen atoms in total. The number of nitrogens with zero attached hydrogens (tertiary/aromatic N) is 3. The fourth-order valence-electron chi connectivity index (χ4n) is 8.33. The van der Waals surface area contributed by atoms with E-state index in [1.165, 1.54) is 12.0 Å². The maximum atomic E-state index is 15.1. The number of fused-ring (bicyclic) bond motifs is 3. The molecule has 2 aliphatic carbocycles. The van der Waals surface area contributed by atoms with Gasteiger partial charge in [0.05, 0.1) is 54.3 Å². The summed E-state index contributed by atoms with van der Waals surface area (Å²) in [5.41, 5.74) is -2.98. The minimum atomic E-state index is -4.11. The molecule has 2 aliphatic heterocycles. The van der Waals surface area contributed by atoms with E-state index in [1.807, 2.05) is 26.0 Å². The number of methoxy groups -OCH3 is 1. The van der Waals surface area contributed by atoms with Crippen molar-refractivity contribution in [1.29, 1.82) is 0 Å². The zero-order valence-corrected chi connectivity index (χ0v) is 39.8. The van der Waals surface area contributed by atoms with Crippen LogP contribution in [0.15, 0.2) is 54.7 Å². The second kappa shape index (κ2) is 19.2. The third kappa shape index (κ3) is 10.7. The quantitative estimate of drug-likeness (QED) is 0.168. The van der Waals surface area contributed by atoms with Gasteiger partial charge in [0.15, 0.2) is 5.60 Å². The number of pyridine rings is 2. The summed E-state index contributed by atoms with van der Waals surface area (Å²) < 4.78 is 85.1. The number of alkyl halides is 2. The zero-order valence-electron chi connectivity index (χ0n) is 39.0. The summed E-state index contributed by atoms with van der Waals surface area (Å²) in [7, 11) is -2.57. The van der Waals surface area contributed by atoms with Gasteiger partial charge in [-0.2, -0.15) is 0 Å². The molecule has 3 fully saturated rings. The molecule has 7 unspecified atom stereocenters. The van der Waals surface area contributed by atoms with E-state index < -0.39 is 92.5 Å². The van der Waals surface area contributed by atoms with Gasteiger partial charge in [0.2, 0.25) is 27.7 Å². The summed E-state index contributed by atoms with van der Waals surface area (Å²) in [5, 5.41) is 6.56. The molecule has 7 rings (SSSR count). The summed E-state index contributed by atoms with van der Waals surface area (Å²) in [6.45, 7) is 10.7. The number of nitrogens with one attached hydrogen (secondary N) is 3. The molecule has 20 heteroatoms. The highest BCUT2D eigenvalue weighted by Crippen LogP contribution is 2.48. The first-order valence-electron chi connectivity index (χ1n) is 22.7. The summed E-state index contributed by atoms with van der Waals surface area (Å²) in [6, 6.07) is 7.70. The molecular formula is C47H60F2N6O11S. The lowest BCUT2D eigenvalue weighted by atomic mass is 10.0. The Morgan fingerprint density at radius 1 is 1.09 bits per heavy atom. The van der Waals surface area contributed by atoms with Crippen molar-refractivity contribution in [3.8, 4) is 28.8 Å². The van der Waals surface area contributed by atoms with Crippen LogP contribution in [0.25, 0.3) is 22.2 Å².